The highest BCUT2D eigenvalue weighted by Gasteiger charge is 2.29. The maximum atomic E-state index is 6.09. The summed E-state index contributed by atoms with van der Waals surface area (Å²) in [5.41, 5.74) is 6.00. The van der Waals surface area contributed by atoms with Crippen LogP contribution in [0, 0.1) is 0 Å². The number of likely N-dealkylation sites (N-methyl/N-ethyl adjacent to an activating group) is 1. The smallest absolute Gasteiger partial charge is 0.0654 e. The average molecular weight is 158 g/mol. The van der Waals surface area contributed by atoms with Crippen molar-refractivity contribution in [1.82, 2.24) is 4.90 Å². The van der Waals surface area contributed by atoms with Gasteiger partial charge in [0.15, 0.2) is 0 Å². The second kappa shape index (κ2) is 3.52. The predicted molar refractivity (Wildman–Crippen MR) is 45.5 cm³/mol. The summed E-state index contributed by atoms with van der Waals surface area (Å²) >= 11 is 0. The van der Waals surface area contributed by atoms with Crippen molar-refractivity contribution >= 4 is 0 Å². The summed E-state index contributed by atoms with van der Waals surface area (Å²) in [5, 5.41) is 0. The highest BCUT2D eigenvalue weighted by molar-refractivity contribution is 4.90. The van der Waals surface area contributed by atoms with E-state index in [1.807, 2.05) is 0 Å². The Hall–Kier alpha value is -0.120. The van der Waals surface area contributed by atoms with Crippen molar-refractivity contribution in [3.63, 3.8) is 0 Å². The van der Waals surface area contributed by atoms with Gasteiger partial charge in [-0.05, 0) is 26.4 Å². The van der Waals surface area contributed by atoms with Crippen LogP contribution >= 0.6 is 0 Å². The molecule has 1 aliphatic rings. The van der Waals surface area contributed by atoms with E-state index in [2.05, 4.69) is 11.9 Å². The van der Waals surface area contributed by atoms with Crippen LogP contribution in [0.1, 0.15) is 12.8 Å². The number of methoxy groups -OCH3 is 1. The Morgan fingerprint density at radius 1 is 1.64 bits per heavy atom. The van der Waals surface area contributed by atoms with E-state index in [1.165, 1.54) is 13.0 Å². The number of nitrogens with two attached hydrogens (primary N) is 1. The van der Waals surface area contributed by atoms with E-state index in [9.17, 15) is 0 Å². The monoisotopic (exact) mass is 158 g/mol. The van der Waals surface area contributed by atoms with E-state index in [-0.39, 0.29) is 5.54 Å². The van der Waals surface area contributed by atoms with Crippen molar-refractivity contribution in [3.8, 4) is 0 Å². The van der Waals surface area contributed by atoms with Crippen LogP contribution in [0.2, 0.25) is 0 Å². The van der Waals surface area contributed by atoms with E-state index in [1.54, 1.807) is 7.11 Å². The molecule has 0 aromatic heterocycles. The van der Waals surface area contributed by atoms with Gasteiger partial charge in [-0.15, -0.1) is 0 Å². The zero-order chi connectivity index (χ0) is 8.32. The molecule has 1 saturated heterocycles. The van der Waals surface area contributed by atoms with Gasteiger partial charge in [-0.2, -0.15) is 0 Å². The third-order valence-electron chi connectivity index (χ3n) is 2.23. The van der Waals surface area contributed by atoms with Crippen LogP contribution < -0.4 is 5.73 Å². The zero-order valence-corrected chi connectivity index (χ0v) is 7.47. The largest absolute Gasteiger partial charge is 0.383 e. The lowest BCUT2D eigenvalue weighted by molar-refractivity contribution is 0.0786. The van der Waals surface area contributed by atoms with E-state index in [4.69, 9.17) is 10.5 Å². The molecule has 0 amide bonds. The Morgan fingerprint density at radius 2 is 2.36 bits per heavy atom. The predicted octanol–water partition coefficient (Wildman–Crippen LogP) is 0.0559. The summed E-state index contributed by atoms with van der Waals surface area (Å²) < 4.78 is 5.08. The van der Waals surface area contributed by atoms with Gasteiger partial charge in [0.1, 0.15) is 0 Å². The topological polar surface area (TPSA) is 38.5 Å². The van der Waals surface area contributed by atoms with Gasteiger partial charge in [-0.3, -0.25) is 0 Å². The quantitative estimate of drug-likeness (QED) is 0.617. The average Bonchev–Trinajstić information content (AvgIpc) is 1.86. The van der Waals surface area contributed by atoms with Gasteiger partial charge < -0.3 is 15.4 Å². The van der Waals surface area contributed by atoms with Gasteiger partial charge >= 0.3 is 0 Å². The minimum atomic E-state index is -0.0955. The summed E-state index contributed by atoms with van der Waals surface area (Å²) in [6.07, 6.45) is 2.28. The van der Waals surface area contributed by atoms with Crippen LogP contribution in [0.5, 0.6) is 0 Å². The van der Waals surface area contributed by atoms with Crippen molar-refractivity contribution in [3.05, 3.63) is 0 Å². The molecule has 1 rings (SSSR count). The van der Waals surface area contributed by atoms with Crippen molar-refractivity contribution in [2.75, 3.05) is 33.9 Å². The van der Waals surface area contributed by atoms with Gasteiger partial charge in [-0.1, -0.05) is 0 Å². The summed E-state index contributed by atoms with van der Waals surface area (Å²) in [6, 6.07) is 0. The van der Waals surface area contributed by atoms with Crippen LogP contribution in [-0.2, 0) is 4.74 Å². The molecule has 3 heteroatoms. The van der Waals surface area contributed by atoms with Crippen LogP contribution in [0.25, 0.3) is 0 Å². The van der Waals surface area contributed by atoms with Crippen LogP contribution in [-0.4, -0.2) is 44.3 Å². The molecule has 0 bridgehead atoms. The molecule has 0 saturated carbocycles. The fourth-order valence-electron chi connectivity index (χ4n) is 1.80. The first kappa shape index (κ1) is 8.97. The van der Waals surface area contributed by atoms with Crippen LogP contribution in [0.15, 0.2) is 0 Å². The lowest BCUT2D eigenvalue weighted by Gasteiger charge is -2.37. The second-order valence-corrected chi connectivity index (χ2v) is 3.64. The SMILES string of the molecule is COCC1(N)CCCN(C)C1. The summed E-state index contributed by atoms with van der Waals surface area (Å²) in [7, 11) is 3.82. The Bertz CT molecular complexity index is 125. The molecule has 0 aromatic rings. The Kier molecular flexibility index (Phi) is 2.87. The van der Waals surface area contributed by atoms with Gasteiger partial charge in [0, 0.05) is 13.7 Å². The molecule has 1 unspecified atom stereocenters. The number of likely N-dealkylation sites (tertiary alicyclic amines) is 1. The van der Waals surface area contributed by atoms with Gasteiger partial charge in [0.05, 0.1) is 12.1 Å². The first-order valence-corrected chi connectivity index (χ1v) is 4.13. The molecule has 0 spiro atoms. The molecule has 1 aliphatic heterocycles. The van der Waals surface area contributed by atoms with Crippen LogP contribution in [0.4, 0.5) is 0 Å². The Morgan fingerprint density at radius 3 is 2.91 bits per heavy atom. The lowest BCUT2D eigenvalue weighted by atomic mass is 9.91. The maximum Gasteiger partial charge on any atom is 0.0654 e. The molecule has 1 fully saturated rings. The van der Waals surface area contributed by atoms with Gasteiger partial charge in [0.25, 0.3) is 0 Å². The maximum absolute atomic E-state index is 6.09. The number of hydrogen-bond acceptors (Lipinski definition) is 3. The van der Waals surface area contributed by atoms with E-state index in [0.29, 0.717) is 6.61 Å². The summed E-state index contributed by atoms with van der Waals surface area (Å²) in [4.78, 5) is 2.27. The molecule has 3 nitrogen and oxygen atoms in total. The Balaban J connectivity index is 2.41. The molecule has 66 valence electrons. The van der Waals surface area contributed by atoms with E-state index in [0.717, 1.165) is 13.0 Å². The first-order valence-electron chi connectivity index (χ1n) is 4.13. The lowest BCUT2D eigenvalue weighted by Crippen LogP contribution is -2.55. The molecule has 0 aliphatic carbocycles. The molecule has 2 N–H and O–H groups in total. The molecule has 1 atom stereocenters. The summed E-state index contributed by atoms with van der Waals surface area (Å²) in [6.45, 7) is 2.81. The third kappa shape index (κ3) is 2.43. The molecule has 11 heavy (non-hydrogen) atoms. The van der Waals surface area contributed by atoms with Crippen molar-refractivity contribution in [1.29, 1.82) is 0 Å². The number of hydrogen-bond donors (Lipinski definition) is 1. The molecule has 0 aromatic carbocycles. The molecule has 1 heterocycles. The van der Waals surface area contributed by atoms with Crippen molar-refractivity contribution in [2.24, 2.45) is 5.73 Å². The fraction of sp³-hybridized carbons (Fsp3) is 1.00. The number of ether oxygens (including phenoxy) is 1. The van der Waals surface area contributed by atoms with Crippen LogP contribution in [0.3, 0.4) is 0 Å². The third-order valence-corrected chi connectivity index (χ3v) is 2.23. The standard InChI is InChI=1S/C8H18N2O/c1-10-5-3-4-8(9,6-10)7-11-2/h3-7,9H2,1-2H3. The van der Waals surface area contributed by atoms with Crippen molar-refractivity contribution < 1.29 is 4.74 Å². The van der Waals surface area contributed by atoms with Gasteiger partial charge in [-0.25, -0.2) is 0 Å². The highest BCUT2D eigenvalue weighted by atomic mass is 16.5. The molecular weight excluding hydrogens is 140 g/mol. The number of piperidine rings is 1. The number of rotatable bonds is 2. The summed E-state index contributed by atoms with van der Waals surface area (Å²) in [5.74, 6) is 0. The van der Waals surface area contributed by atoms with E-state index < -0.39 is 0 Å². The normalized spacial score (nSPS) is 34.1. The second-order valence-electron chi connectivity index (χ2n) is 3.64. The van der Waals surface area contributed by atoms with Crippen molar-refractivity contribution in [2.45, 2.75) is 18.4 Å². The van der Waals surface area contributed by atoms with E-state index >= 15 is 0 Å². The minimum Gasteiger partial charge on any atom is -0.383 e. The number of nitrogens with zero attached hydrogens (tertiary/aromatic N) is 1. The molecule has 0 radical (unpaired) electrons. The first-order chi connectivity index (χ1) is 5.16. The van der Waals surface area contributed by atoms with Gasteiger partial charge in [0.2, 0.25) is 0 Å². The highest BCUT2D eigenvalue weighted by Crippen LogP contribution is 2.17. The fourth-order valence-corrected chi connectivity index (χ4v) is 1.80. The molecular formula is C8H18N2O. The Labute approximate surface area is 68.5 Å². The zero-order valence-electron chi connectivity index (χ0n) is 7.47. The minimum absolute atomic E-state index is 0.0955.